The summed E-state index contributed by atoms with van der Waals surface area (Å²) in [5, 5.41) is 3.74. The Morgan fingerprint density at radius 3 is 2.46 bits per heavy atom. The molecule has 1 aliphatic rings. The second-order valence-corrected chi connectivity index (χ2v) is 7.92. The number of nitrogens with one attached hydrogen (secondary N) is 1. The monoisotopic (exact) mass is 362 g/mol. The van der Waals surface area contributed by atoms with Crippen LogP contribution >= 0.6 is 11.3 Å². The van der Waals surface area contributed by atoms with E-state index in [0.29, 0.717) is 0 Å². The molecule has 26 heavy (non-hydrogen) atoms. The summed E-state index contributed by atoms with van der Waals surface area (Å²) >= 11 is 1.86. The molecule has 1 aliphatic heterocycles. The molecule has 0 unspecified atom stereocenters. The van der Waals surface area contributed by atoms with Crippen LogP contribution in [0.15, 0.2) is 53.9 Å². The van der Waals surface area contributed by atoms with Crippen LogP contribution in [0.25, 0.3) is 21.1 Å². The predicted octanol–water partition coefficient (Wildman–Crippen LogP) is 4.10. The van der Waals surface area contributed by atoms with Crippen LogP contribution in [0.3, 0.4) is 0 Å². The van der Waals surface area contributed by atoms with Crippen molar-refractivity contribution in [1.82, 2.24) is 19.8 Å². The highest BCUT2D eigenvalue weighted by Crippen LogP contribution is 2.27. The Bertz CT molecular complexity index is 994. The number of hydrogen-bond acceptors (Lipinski definition) is 4. The maximum atomic E-state index is 4.71. The molecule has 0 saturated carbocycles. The van der Waals surface area contributed by atoms with Crippen LogP contribution in [-0.4, -0.2) is 45.9 Å². The summed E-state index contributed by atoms with van der Waals surface area (Å²) in [5.74, 6) is 1.07. The fourth-order valence-corrected chi connectivity index (χ4v) is 4.75. The molecule has 1 saturated heterocycles. The Balaban J connectivity index is 1.21. The summed E-state index contributed by atoms with van der Waals surface area (Å²) in [6, 6.07) is 17.0. The minimum Gasteiger partial charge on any atom is -0.341 e. The lowest BCUT2D eigenvalue weighted by Gasteiger charge is -2.34. The Morgan fingerprint density at radius 2 is 1.62 bits per heavy atom. The van der Waals surface area contributed by atoms with Crippen LogP contribution in [-0.2, 0) is 13.1 Å². The second-order valence-electron chi connectivity index (χ2n) is 7.01. The van der Waals surface area contributed by atoms with Crippen molar-refractivity contribution in [2.24, 2.45) is 0 Å². The number of hydrogen-bond donors (Lipinski definition) is 1. The lowest BCUT2D eigenvalue weighted by Crippen LogP contribution is -2.45. The number of thiophene rings is 1. The molecule has 132 valence electrons. The van der Waals surface area contributed by atoms with Crippen LogP contribution in [0.4, 0.5) is 0 Å². The highest BCUT2D eigenvalue weighted by Gasteiger charge is 2.19. The van der Waals surface area contributed by atoms with Gasteiger partial charge in [-0.3, -0.25) is 9.80 Å². The summed E-state index contributed by atoms with van der Waals surface area (Å²) in [4.78, 5) is 13.2. The van der Waals surface area contributed by atoms with E-state index >= 15 is 0 Å². The number of benzene rings is 2. The van der Waals surface area contributed by atoms with Crippen LogP contribution in [0.1, 0.15) is 11.4 Å². The van der Waals surface area contributed by atoms with Gasteiger partial charge in [-0.05, 0) is 34.5 Å². The molecule has 5 heteroatoms. The van der Waals surface area contributed by atoms with Crippen molar-refractivity contribution in [2.45, 2.75) is 13.1 Å². The number of para-hydroxylation sites is 2. The molecule has 2 aromatic carbocycles. The highest BCUT2D eigenvalue weighted by atomic mass is 32.1. The van der Waals surface area contributed by atoms with E-state index in [2.05, 4.69) is 62.6 Å². The van der Waals surface area contributed by atoms with E-state index in [4.69, 9.17) is 4.98 Å². The van der Waals surface area contributed by atoms with E-state index in [1.165, 1.54) is 15.6 Å². The first-order valence-electron chi connectivity index (χ1n) is 9.18. The van der Waals surface area contributed by atoms with Gasteiger partial charge in [0.2, 0.25) is 0 Å². The Hall–Kier alpha value is -2.21. The van der Waals surface area contributed by atoms with Crippen molar-refractivity contribution < 1.29 is 0 Å². The van der Waals surface area contributed by atoms with Crippen LogP contribution in [0.2, 0.25) is 0 Å². The standard InChI is InChI=1S/C21H22N4S/c1-4-8-20-17(5-1)16(15-26-20)13-24-9-11-25(12-10-24)14-21-22-18-6-2-3-7-19(18)23-21/h1-8,15H,9-14H2,(H,22,23). The van der Waals surface area contributed by atoms with Gasteiger partial charge < -0.3 is 4.98 Å². The molecule has 0 amide bonds. The summed E-state index contributed by atoms with van der Waals surface area (Å²) in [6.45, 7) is 6.39. The Morgan fingerprint density at radius 1 is 0.885 bits per heavy atom. The van der Waals surface area contributed by atoms with Crippen molar-refractivity contribution >= 4 is 32.5 Å². The van der Waals surface area contributed by atoms with Gasteiger partial charge in [0.15, 0.2) is 0 Å². The summed E-state index contributed by atoms with van der Waals surface area (Å²) in [6.07, 6.45) is 0. The largest absolute Gasteiger partial charge is 0.341 e. The minimum atomic E-state index is 0.907. The van der Waals surface area contributed by atoms with Crippen molar-refractivity contribution in [3.63, 3.8) is 0 Å². The molecular weight excluding hydrogens is 340 g/mol. The molecule has 1 N–H and O–H groups in total. The average molecular weight is 363 g/mol. The lowest BCUT2D eigenvalue weighted by atomic mass is 10.1. The summed E-state index contributed by atoms with van der Waals surface area (Å²) in [5.41, 5.74) is 3.66. The van der Waals surface area contributed by atoms with Crippen molar-refractivity contribution in [1.29, 1.82) is 0 Å². The van der Waals surface area contributed by atoms with Crippen molar-refractivity contribution in [3.05, 3.63) is 65.3 Å². The van der Waals surface area contributed by atoms with Crippen molar-refractivity contribution in [3.8, 4) is 0 Å². The van der Waals surface area contributed by atoms with Gasteiger partial charge in [0.25, 0.3) is 0 Å². The van der Waals surface area contributed by atoms with Gasteiger partial charge in [-0.1, -0.05) is 30.3 Å². The first kappa shape index (κ1) is 16.0. The molecule has 5 rings (SSSR count). The molecule has 4 aromatic rings. The second kappa shape index (κ2) is 6.83. The zero-order valence-corrected chi connectivity index (χ0v) is 15.5. The van der Waals surface area contributed by atoms with Gasteiger partial charge in [-0.25, -0.2) is 4.98 Å². The molecule has 1 fully saturated rings. The van der Waals surface area contributed by atoms with Gasteiger partial charge in [0, 0.05) is 37.4 Å². The van der Waals surface area contributed by atoms with Crippen LogP contribution < -0.4 is 0 Å². The Labute approximate surface area is 157 Å². The number of H-pyrrole nitrogens is 1. The fourth-order valence-electron chi connectivity index (χ4n) is 3.79. The van der Waals surface area contributed by atoms with Crippen molar-refractivity contribution in [2.75, 3.05) is 26.2 Å². The van der Waals surface area contributed by atoms with E-state index in [9.17, 15) is 0 Å². The molecule has 0 spiro atoms. The molecule has 0 radical (unpaired) electrons. The molecule has 2 aromatic heterocycles. The quantitative estimate of drug-likeness (QED) is 0.594. The smallest absolute Gasteiger partial charge is 0.121 e. The molecule has 0 bridgehead atoms. The first-order chi connectivity index (χ1) is 12.8. The summed E-state index contributed by atoms with van der Waals surface area (Å²) < 4.78 is 1.39. The summed E-state index contributed by atoms with van der Waals surface area (Å²) in [7, 11) is 0. The number of aromatic amines is 1. The van der Waals surface area contributed by atoms with Gasteiger partial charge in [0.05, 0.1) is 17.6 Å². The zero-order valence-electron chi connectivity index (χ0n) is 14.7. The van der Waals surface area contributed by atoms with Gasteiger partial charge >= 0.3 is 0 Å². The van der Waals surface area contributed by atoms with E-state index in [-0.39, 0.29) is 0 Å². The lowest BCUT2D eigenvalue weighted by molar-refractivity contribution is 0.120. The topological polar surface area (TPSA) is 35.2 Å². The third-order valence-corrected chi connectivity index (χ3v) is 6.24. The average Bonchev–Trinajstić information content (AvgIpc) is 3.27. The van der Waals surface area contributed by atoms with E-state index in [0.717, 1.165) is 56.1 Å². The number of rotatable bonds is 4. The third kappa shape index (κ3) is 3.14. The van der Waals surface area contributed by atoms with Gasteiger partial charge in [0.1, 0.15) is 5.82 Å². The number of fused-ring (bicyclic) bond motifs is 2. The maximum absolute atomic E-state index is 4.71. The predicted molar refractivity (Wildman–Crippen MR) is 108 cm³/mol. The SMILES string of the molecule is c1ccc2[nH]c(CN3CCN(Cc4csc5ccccc45)CC3)nc2c1. The maximum Gasteiger partial charge on any atom is 0.121 e. The fraction of sp³-hybridized carbons (Fsp3) is 0.286. The molecular formula is C21H22N4S. The third-order valence-electron chi connectivity index (χ3n) is 5.23. The minimum absolute atomic E-state index is 0.907. The molecule has 0 atom stereocenters. The van der Waals surface area contributed by atoms with E-state index in [1.807, 2.05) is 17.4 Å². The number of imidazole rings is 1. The molecule has 0 aliphatic carbocycles. The first-order valence-corrected chi connectivity index (χ1v) is 10.1. The molecule has 4 nitrogen and oxygen atoms in total. The normalized spacial score (nSPS) is 16.6. The number of nitrogens with zero attached hydrogens (tertiary/aromatic N) is 3. The number of piperazine rings is 1. The van der Waals surface area contributed by atoms with Gasteiger partial charge in [-0.2, -0.15) is 0 Å². The highest BCUT2D eigenvalue weighted by molar-refractivity contribution is 7.17. The van der Waals surface area contributed by atoms with E-state index < -0.39 is 0 Å². The van der Waals surface area contributed by atoms with Gasteiger partial charge in [-0.15, -0.1) is 11.3 Å². The number of aromatic nitrogens is 2. The van der Waals surface area contributed by atoms with E-state index in [1.54, 1.807) is 0 Å². The van der Waals surface area contributed by atoms with Crippen LogP contribution in [0.5, 0.6) is 0 Å². The Kier molecular flexibility index (Phi) is 4.21. The molecule has 3 heterocycles. The zero-order chi connectivity index (χ0) is 17.3. The van der Waals surface area contributed by atoms with Crippen LogP contribution in [0, 0.1) is 0 Å².